The van der Waals surface area contributed by atoms with Gasteiger partial charge in [-0.2, -0.15) is 0 Å². The number of Topliss-reactive ketones (excluding diaryl/α,β-unsaturated/α-hetero) is 1. The molecule has 1 aliphatic carbocycles. The van der Waals surface area contributed by atoms with Gasteiger partial charge in [-0.15, -0.1) is 10.2 Å². The molecule has 1 fully saturated rings. The Kier molecular flexibility index (Phi) is 6.95. The van der Waals surface area contributed by atoms with E-state index >= 15 is 0 Å². The number of anilines is 1. The van der Waals surface area contributed by atoms with Crippen molar-refractivity contribution >= 4 is 51.5 Å². The Morgan fingerprint density at radius 2 is 2.14 bits per heavy atom. The fourth-order valence-electron chi connectivity index (χ4n) is 3.55. The predicted molar refractivity (Wildman–Crippen MR) is 114 cm³/mol. The maximum Gasteiger partial charge on any atom is 0.233 e. The van der Waals surface area contributed by atoms with Gasteiger partial charge >= 0.3 is 0 Å². The fourth-order valence-corrected chi connectivity index (χ4v) is 5.58. The summed E-state index contributed by atoms with van der Waals surface area (Å²) in [7, 11) is 1.71. The van der Waals surface area contributed by atoms with E-state index in [4.69, 9.17) is 11.6 Å². The number of aromatic nitrogens is 2. The minimum absolute atomic E-state index is 0.0537. The van der Waals surface area contributed by atoms with Gasteiger partial charge in [0.05, 0.1) is 5.75 Å². The first kappa shape index (κ1) is 21.1. The topological polar surface area (TPSA) is 75.2 Å². The molecule has 1 aromatic carbocycles. The summed E-state index contributed by atoms with van der Waals surface area (Å²) < 4.78 is 0.722. The fraction of sp³-hybridized carbons (Fsp3) is 0.474. The number of rotatable bonds is 7. The highest BCUT2D eigenvalue weighted by Gasteiger charge is 2.47. The molecule has 9 heteroatoms. The molecule has 0 bridgehead atoms. The molecule has 1 N–H and O–H groups in total. The summed E-state index contributed by atoms with van der Waals surface area (Å²) in [5.74, 6) is 0.120. The first-order chi connectivity index (χ1) is 13.5. The molecule has 150 valence electrons. The van der Waals surface area contributed by atoms with Crippen LogP contribution in [0.1, 0.15) is 38.2 Å². The van der Waals surface area contributed by atoms with Gasteiger partial charge in [0.25, 0.3) is 0 Å². The molecule has 1 saturated carbocycles. The van der Waals surface area contributed by atoms with Crippen LogP contribution in [0, 0.1) is 0 Å². The van der Waals surface area contributed by atoms with Gasteiger partial charge in [-0.3, -0.25) is 9.59 Å². The van der Waals surface area contributed by atoms with Crippen LogP contribution < -0.4 is 5.32 Å². The second-order valence-electron chi connectivity index (χ2n) is 6.62. The summed E-state index contributed by atoms with van der Waals surface area (Å²) >= 11 is 9.20. The van der Waals surface area contributed by atoms with Gasteiger partial charge in [0.1, 0.15) is 5.54 Å². The normalized spacial score (nSPS) is 19.5. The van der Waals surface area contributed by atoms with Crippen molar-refractivity contribution in [2.24, 2.45) is 0 Å². The third-order valence-electron chi connectivity index (χ3n) is 4.97. The summed E-state index contributed by atoms with van der Waals surface area (Å²) in [6, 6.07) is 7.33. The van der Waals surface area contributed by atoms with Crippen LogP contribution in [-0.2, 0) is 15.1 Å². The van der Waals surface area contributed by atoms with E-state index in [-0.39, 0.29) is 17.4 Å². The lowest BCUT2D eigenvalue weighted by Crippen LogP contribution is -2.54. The van der Waals surface area contributed by atoms with Crippen LogP contribution in [0.5, 0.6) is 0 Å². The van der Waals surface area contributed by atoms with E-state index in [0.717, 1.165) is 28.9 Å². The van der Waals surface area contributed by atoms with E-state index in [1.54, 1.807) is 18.0 Å². The zero-order valence-corrected chi connectivity index (χ0v) is 18.3. The second kappa shape index (κ2) is 9.24. The number of carbonyl (C=O) groups excluding carboxylic acids is 2. The predicted octanol–water partition coefficient (Wildman–Crippen LogP) is 4.21. The highest BCUT2D eigenvalue weighted by Crippen LogP contribution is 2.42. The quantitative estimate of drug-likeness (QED) is 0.652. The molecule has 0 aliphatic heterocycles. The highest BCUT2D eigenvalue weighted by atomic mass is 35.5. The second-order valence-corrected chi connectivity index (χ2v) is 9.22. The summed E-state index contributed by atoms with van der Waals surface area (Å²) in [5.41, 5.74) is -0.280. The van der Waals surface area contributed by atoms with Crippen molar-refractivity contribution < 1.29 is 9.59 Å². The maximum atomic E-state index is 13.1. The monoisotopic (exact) mass is 438 g/mol. The van der Waals surface area contributed by atoms with Crippen molar-refractivity contribution in [1.82, 2.24) is 15.1 Å². The lowest BCUT2D eigenvalue weighted by atomic mass is 9.74. The number of benzene rings is 1. The smallest absolute Gasteiger partial charge is 0.233 e. The molecular formula is C19H23ClN4O2S2. The summed E-state index contributed by atoms with van der Waals surface area (Å²) in [6.07, 6.45) is 2.77. The van der Waals surface area contributed by atoms with Crippen molar-refractivity contribution in [3.05, 3.63) is 34.9 Å². The van der Waals surface area contributed by atoms with Gasteiger partial charge in [0.15, 0.2) is 10.1 Å². The Balaban J connectivity index is 1.81. The first-order valence-corrected chi connectivity index (χ1v) is 11.4. The van der Waals surface area contributed by atoms with Crippen LogP contribution in [0.3, 0.4) is 0 Å². The van der Waals surface area contributed by atoms with Crippen molar-refractivity contribution in [2.45, 2.75) is 42.5 Å². The van der Waals surface area contributed by atoms with Crippen LogP contribution in [-0.4, -0.2) is 46.1 Å². The van der Waals surface area contributed by atoms with Crippen LogP contribution >= 0.6 is 34.7 Å². The minimum Gasteiger partial charge on any atom is -0.360 e. The number of halogens is 1. The Labute approximate surface area is 178 Å². The largest absolute Gasteiger partial charge is 0.360 e. The SMILES string of the molecule is CCNc1nnc(SCC(=O)N(C)[C@@]2(c3ccccc3Cl)CCCCC2=O)s1. The van der Waals surface area contributed by atoms with Gasteiger partial charge in [-0.25, -0.2) is 0 Å². The molecule has 3 rings (SSSR count). The Morgan fingerprint density at radius 1 is 1.36 bits per heavy atom. The average molecular weight is 439 g/mol. The molecule has 0 unspecified atom stereocenters. The number of ketones is 1. The first-order valence-electron chi connectivity index (χ1n) is 9.24. The number of hydrogen-bond acceptors (Lipinski definition) is 7. The van der Waals surface area contributed by atoms with Crippen LogP contribution in [0.25, 0.3) is 0 Å². The Hall–Kier alpha value is -1.64. The van der Waals surface area contributed by atoms with Gasteiger partial charge in [-0.05, 0) is 32.3 Å². The average Bonchev–Trinajstić information content (AvgIpc) is 3.14. The third kappa shape index (κ3) is 4.18. The van der Waals surface area contributed by atoms with Crippen molar-refractivity contribution in [1.29, 1.82) is 0 Å². The summed E-state index contributed by atoms with van der Waals surface area (Å²) in [5, 5.41) is 12.5. The Bertz CT molecular complexity index is 860. The van der Waals surface area contributed by atoms with Crippen LogP contribution in [0.15, 0.2) is 28.6 Å². The number of likely N-dealkylation sites (N-methyl/N-ethyl adjacent to an activating group) is 1. The van der Waals surface area contributed by atoms with Crippen LogP contribution in [0.4, 0.5) is 5.13 Å². The molecule has 0 radical (unpaired) electrons. The van der Waals surface area contributed by atoms with Crippen molar-refractivity contribution in [2.75, 3.05) is 24.7 Å². The number of thioether (sulfide) groups is 1. The molecule has 0 spiro atoms. The number of nitrogens with zero attached hydrogens (tertiary/aromatic N) is 3. The van der Waals surface area contributed by atoms with Crippen molar-refractivity contribution in [3.8, 4) is 0 Å². The number of nitrogens with one attached hydrogen (secondary N) is 1. The Morgan fingerprint density at radius 3 is 2.86 bits per heavy atom. The molecular weight excluding hydrogens is 416 g/mol. The zero-order valence-electron chi connectivity index (χ0n) is 15.9. The molecule has 1 aliphatic rings. The molecule has 6 nitrogen and oxygen atoms in total. The molecule has 28 heavy (non-hydrogen) atoms. The van der Waals surface area contributed by atoms with Crippen molar-refractivity contribution in [3.63, 3.8) is 0 Å². The number of carbonyl (C=O) groups is 2. The summed E-state index contributed by atoms with van der Waals surface area (Å²) in [6.45, 7) is 2.76. The number of amides is 1. The van der Waals surface area contributed by atoms with E-state index in [1.165, 1.54) is 23.1 Å². The molecule has 1 aromatic heterocycles. The molecule has 0 saturated heterocycles. The van der Waals surface area contributed by atoms with Gasteiger partial charge in [-0.1, -0.05) is 52.9 Å². The van der Waals surface area contributed by atoms with E-state index in [0.29, 0.717) is 23.4 Å². The lowest BCUT2D eigenvalue weighted by molar-refractivity contribution is -0.146. The molecule has 1 atom stereocenters. The van der Waals surface area contributed by atoms with Crippen LogP contribution in [0.2, 0.25) is 5.02 Å². The zero-order chi connectivity index (χ0) is 20.1. The number of hydrogen-bond donors (Lipinski definition) is 1. The van der Waals surface area contributed by atoms with E-state index < -0.39 is 5.54 Å². The molecule has 1 amide bonds. The molecule has 1 heterocycles. The maximum absolute atomic E-state index is 13.1. The minimum atomic E-state index is -0.996. The van der Waals surface area contributed by atoms with E-state index in [1.807, 2.05) is 25.1 Å². The van der Waals surface area contributed by atoms with E-state index in [2.05, 4.69) is 15.5 Å². The van der Waals surface area contributed by atoms with Gasteiger partial charge < -0.3 is 10.2 Å². The standard InChI is InChI=1S/C19H23ClN4O2S2/c1-3-21-17-22-23-18(28-17)27-12-16(26)24(2)19(11-7-6-10-15(19)25)13-8-4-5-9-14(13)20/h4-5,8-9H,3,6-7,10-12H2,1-2H3,(H,21,22)/t19-/m1/s1. The third-order valence-corrected chi connectivity index (χ3v) is 7.30. The highest BCUT2D eigenvalue weighted by molar-refractivity contribution is 8.01. The van der Waals surface area contributed by atoms with Gasteiger partial charge in [0.2, 0.25) is 11.0 Å². The molecule has 2 aromatic rings. The van der Waals surface area contributed by atoms with E-state index in [9.17, 15) is 9.59 Å². The lowest BCUT2D eigenvalue weighted by Gasteiger charge is -2.44. The summed E-state index contributed by atoms with van der Waals surface area (Å²) in [4.78, 5) is 27.7. The van der Waals surface area contributed by atoms with Gasteiger partial charge in [0, 0.05) is 30.6 Å².